The second-order valence-corrected chi connectivity index (χ2v) is 3.71. The van der Waals surface area contributed by atoms with Crippen LogP contribution in [0.4, 0.5) is 11.4 Å². The average Bonchev–Trinajstić information content (AvgIpc) is 2.46. The summed E-state index contributed by atoms with van der Waals surface area (Å²) < 4.78 is 0. The van der Waals surface area contributed by atoms with Crippen LogP contribution in [0.1, 0.15) is 5.56 Å². The van der Waals surface area contributed by atoms with Gasteiger partial charge >= 0.3 is 0 Å². The number of nitro benzene ring substituents is 1. The number of rotatable bonds is 3. The highest BCUT2D eigenvalue weighted by atomic mass is 16.6. The predicted octanol–water partition coefficient (Wildman–Crippen LogP) is 3.24. The molecule has 5 nitrogen and oxygen atoms in total. The summed E-state index contributed by atoms with van der Waals surface area (Å²) in [6.07, 6.45) is 0. The lowest BCUT2D eigenvalue weighted by atomic mass is 10.1. The topological polar surface area (TPSA) is 79.3 Å². The molecule has 5 heteroatoms. The Morgan fingerprint density at radius 1 is 1.11 bits per heavy atom. The SMILES string of the molecule is N#CC(=Nc1ccccc1)c1ccc([N+](=O)[O-])cc1. The van der Waals surface area contributed by atoms with Crippen LogP contribution >= 0.6 is 0 Å². The minimum atomic E-state index is -0.482. The quantitative estimate of drug-likeness (QED) is 0.477. The van der Waals surface area contributed by atoms with E-state index in [2.05, 4.69) is 4.99 Å². The van der Waals surface area contributed by atoms with Gasteiger partial charge in [-0.3, -0.25) is 10.1 Å². The smallest absolute Gasteiger partial charge is 0.258 e. The van der Waals surface area contributed by atoms with Crippen molar-refractivity contribution >= 4 is 17.1 Å². The van der Waals surface area contributed by atoms with E-state index in [1.807, 2.05) is 24.3 Å². The van der Waals surface area contributed by atoms with E-state index in [4.69, 9.17) is 5.26 Å². The summed E-state index contributed by atoms with van der Waals surface area (Å²) in [5, 5.41) is 19.7. The van der Waals surface area contributed by atoms with E-state index in [1.165, 1.54) is 24.3 Å². The van der Waals surface area contributed by atoms with E-state index < -0.39 is 4.92 Å². The van der Waals surface area contributed by atoms with E-state index in [-0.39, 0.29) is 11.4 Å². The lowest BCUT2D eigenvalue weighted by molar-refractivity contribution is -0.384. The van der Waals surface area contributed by atoms with Gasteiger partial charge in [0.05, 0.1) is 10.6 Å². The van der Waals surface area contributed by atoms with Crippen LogP contribution in [-0.2, 0) is 0 Å². The van der Waals surface area contributed by atoms with E-state index in [0.29, 0.717) is 11.3 Å². The molecule has 2 aromatic carbocycles. The molecule has 0 aliphatic carbocycles. The van der Waals surface area contributed by atoms with Gasteiger partial charge in [0.1, 0.15) is 11.8 Å². The molecule has 19 heavy (non-hydrogen) atoms. The number of benzene rings is 2. The Labute approximate surface area is 109 Å². The molecule has 0 saturated carbocycles. The van der Waals surface area contributed by atoms with E-state index in [0.717, 1.165) is 0 Å². The van der Waals surface area contributed by atoms with Crippen molar-refractivity contribution < 1.29 is 4.92 Å². The zero-order chi connectivity index (χ0) is 13.7. The number of non-ortho nitro benzene ring substituents is 1. The van der Waals surface area contributed by atoms with Crippen molar-refractivity contribution in [2.75, 3.05) is 0 Å². The van der Waals surface area contributed by atoms with Crippen LogP contribution < -0.4 is 0 Å². The average molecular weight is 251 g/mol. The molecule has 0 amide bonds. The molecule has 0 aliphatic rings. The van der Waals surface area contributed by atoms with Gasteiger partial charge < -0.3 is 0 Å². The number of nitrogens with zero attached hydrogens (tertiary/aromatic N) is 3. The summed E-state index contributed by atoms with van der Waals surface area (Å²) in [7, 11) is 0. The largest absolute Gasteiger partial charge is 0.269 e. The molecule has 0 bridgehead atoms. The summed E-state index contributed by atoms with van der Waals surface area (Å²) in [4.78, 5) is 14.3. The van der Waals surface area contributed by atoms with E-state index in [9.17, 15) is 10.1 Å². The van der Waals surface area contributed by atoms with Crippen LogP contribution in [0.15, 0.2) is 59.6 Å². The molecule has 2 aromatic rings. The Kier molecular flexibility index (Phi) is 3.64. The van der Waals surface area contributed by atoms with Crippen molar-refractivity contribution in [1.29, 1.82) is 5.26 Å². The van der Waals surface area contributed by atoms with Crippen molar-refractivity contribution in [3.8, 4) is 6.07 Å². The normalized spacial score (nSPS) is 10.8. The molecule has 0 fully saturated rings. The fourth-order valence-corrected chi connectivity index (χ4v) is 1.53. The van der Waals surface area contributed by atoms with Crippen molar-refractivity contribution in [3.05, 3.63) is 70.3 Å². The Morgan fingerprint density at radius 2 is 1.74 bits per heavy atom. The lowest BCUT2D eigenvalue weighted by Gasteiger charge is -1.98. The van der Waals surface area contributed by atoms with Gasteiger partial charge in [-0.15, -0.1) is 0 Å². The summed E-state index contributed by atoms with van der Waals surface area (Å²) in [6, 6.07) is 16.8. The predicted molar refractivity (Wildman–Crippen MR) is 71.3 cm³/mol. The maximum Gasteiger partial charge on any atom is 0.269 e. The molecular formula is C14H9N3O2. The summed E-state index contributed by atoms with van der Waals surface area (Å²) in [5.41, 5.74) is 1.43. The first-order valence-electron chi connectivity index (χ1n) is 5.49. The molecule has 0 heterocycles. The maximum absolute atomic E-state index is 10.6. The van der Waals surface area contributed by atoms with Gasteiger partial charge in [-0.25, -0.2) is 4.99 Å². The first-order chi connectivity index (χ1) is 9.20. The highest BCUT2D eigenvalue weighted by Gasteiger charge is 2.07. The van der Waals surface area contributed by atoms with Gasteiger partial charge in [-0.1, -0.05) is 18.2 Å². The number of para-hydroxylation sites is 1. The molecule has 2 rings (SSSR count). The van der Waals surface area contributed by atoms with Crippen molar-refractivity contribution in [2.45, 2.75) is 0 Å². The van der Waals surface area contributed by atoms with Gasteiger partial charge in [-0.2, -0.15) is 5.26 Å². The molecule has 0 N–H and O–H groups in total. The fourth-order valence-electron chi connectivity index (χ4n) is 1.53. The number of hydrogen-bond acceptors (Lipinski definition) is 4. The summed E-state index contributed by atoms with van der Waals surface area (Å²) >= 11 is 0. The van der Waals surface area contributed by atoms with Crippen molar-refractivity contribution in [3.63, 3.8) is 0 Å². The van der Waals surface area contributed by atoms with Crippen molar-refractivity contribution in [2.24, 2.45) is 4.99 Å². The molecule has 0 atom stereocenters. The second-order valence-electron chi connectivity index (χ2n) is 3.71. The first kappa shape index (κ1) is 12.5. The van der Waals surface area contributed by atoms with Crippen LogP contribution in [0.2, 0.25) is 0 Å². The molecule has 0 aliphatic heterocycles. The molecular weight excluding hydrogens is 242 g/mol. The lowest BCUT2D eigenvalue weighted by Crippen LogP contribution is -1.97. The van der Waals surface area contributed by atoms with E-state index >= 15 is 0 Å². The zero-order valence-corrected chi connectivity index (χ0v) is 9.85. The maximum atomic E-state index is 10.6. The van der Waals surface area contributed by atoms with Crippen LogP contribution in [0.3, 0.4) is 0 Å². The Morgan fingerprint density at radius 3 is 2.26 bits per heavy atom. The number of nitriles is 1. The third-order valence-electron chi connectivity index (χ3n) is 2.45. The number of hydrogen-bond donors (Lipinski definition) is 0. The van der Waals surface area contributed by atoms with Crippen LogP contribution in [0, 0.1) is 21.4 Å². The minimum absolute atomic E-state index is 0.0132. The molecule has 0 aromatic heterocycles. The van der Waals surface area contributed by atoms with Gasteiger partial charge in [0, 0.05) is 17.7 Å². The Hall–Kier alpha value is -3.00. The molecule has 92 valence electrons. The first-order valence-corrected chi connectivity index (χ1v) is 5.49. The third-order valence-corrected chi connectivity index (χ3v) is 2.45. The second kappa shape index (κ2) is 5.56. The highest BCUT2D eigenvalue weighted by molar-refractivity contribution is 6.12. The van der Waals surface area contributed by atoms with Gasteiger partial charge in [0.2, 0.25) is 0 Å². The Balaban J connectivity index is 2.36. The number of nitro groups is 1. The number of aliphatic imine (C=N–C) groups is 1. The fraction of sp³-hybridized carbons (Fsp3) is 0. The van der Waals surface area contributed by atoms with Crippen LogP contribution in [0.5, 0.6) is 0 Å². The highest BCUT2D eigenvalue weighted by Crippen LogP contribution is 2.16. The zero-order valence-electron chi connectivity index (χ0n) is 9.85. The molecule has 0 radical (unpaired) electrons. The van der Waals surface area contributed by atoms with Gasteiger partial charge in [0.15, 0.2) is 0 Å². The standard InChI is InChI=1S/C14H9N3O2/c15-10-14(16-12-4-2-1-3-5-12)11-6-8-13(9-7-11)17(18)19/h1-9H. The van der Waals surface area contributed by atoms with Crippen LogP contribution in [-0.4, -0.2) is 10.6 Å². The third kappa shape index (κ3) is 3.01. The summed E-state index contributed by atoms with van der Waals surface area (Å²) in [5.74, 6) is 0. The molecule has 0 spiro atoms. The molecule has 0 unspecified atom stereocenters. The Bertz CT molecular complexity index is 655. The minimum Gasteiger partial charge on any atom is -0.258 e. The summed E-state index contributed by atoms with van der Waals surface area (Å²) in [6.45, 7) is 0. The van der Waals surface area contributed by atoms with Crippen molar-refractivity contribution in [1.82, 2.24) is 0 Å². The molecule has 0 saturated heterocycles. The van der Waals surface area contributed by atoms with Crippen LogP contribution in [0.25, 0.3) is 0 Å². The van der Waals surface area contributed by atoms with E-state index in [1.54, 1.807) is 12.1 Å². The van der Waals surface area contributed by atoms with Gasteiger partial charge in [-0.05, 0) is 24.3 Å². The van der Waals surface area contributed by atoms with Gasteiger partial charge in [0.25, 0.3) is 5.69 Å². The monoisotopic (exact) mass is 251 g/mol.